The van der Waals surface area contributed by atoms with Gasteiger partial charge in [0.25, 0.3) is 0 Å². The summed E-state index contributed by atoms with van der Waals surface area (Å²) in [6.07, 6.45) is 3.21. The first-order valence-corrected chi connectivity index (χ1v) is 8.97. The molecule has 6 heteroatoms. The minimum absolute atomic E-state index is 0.0532. The van der Waals surface area contributed by atoms with E-state index in [1.165, 1.54) is 0 Å². The molecule has 1 N–H and O–H groups in total. The largest absolute Gasteiger partial charge is 0.314 e. The first kappa shape index (κ1) is 18.0. The van der Waals surface area contributed by atoms with Gasteiger partial charge in [0, 0.05) is 6.04 Å². The summed E-state index contributed by atoms with van der Waals surface area (Å²) in [7, 11) is -3.56. The Morgan fingerprint density at radius 2 is 1.90 bits per heavy atom. The van der Waals surface area contributed by atoms with Crippen LogP contribution in [0, 0.1) is 11.6 Å². The standard InChI is InChI=1S/C15H23F2NO2S/c1-3-9-18-12(4-2)6-5-10-21(19,20)13-7-8-14(16)15(17)11-13/h7-8,11-12,18H,3-6,9-10H2,1-2H3. The van der Waals surface area contributed by atoms with E-state index in [1.54, 1.807) is 0 Å². The number of nitrogens with one attached hydrogen (secondary N) is 1. The lowest BCUT2D eigenvalue weighted by Gasteiger charge is -2.16. The zero-order chi connectivity index (χ0) is 15.9. The maximum Gasteiger partial charge on any atom is 0.178 e. The van der Waals surface area contributed by atoms with Gasteiger partial charge in [-0.05, 0) is 50.4 Å². The third-order valence-corrected chi connectivity index (χ3v) is 5.19. The van der Waals surface area contributed by atoms with E-state index >= 15 is 0 Å². The van der Waals surface area contributed by atoms with E-state index in [1.807, 2.05) is 0 Å². The number of benzene rings is 1. The minimum Gasteiger partial charge on any atom is -0.314 e. The lowest BCUT2D eigenvalue weighted by molar-refractivity contribution is 0.463. The zero-order valence-electron chi connectivity index (χ0n) is 12.5. The molecule has 1 aromatic carbocycles. The van der Waals surface area contributed by atoms with Gasteiger partial charge in [0.2, 0.25) is 0 Å². The molecule has 0 bridgehead atoms. The number of rotatable bonds is 9. The maximum atomic E-state index is 13.1. The Morgan fingerprint density at radius 3 is 2.48 bits per heavy atom. The van der Waals surface area contributed by atoms with Gasteiger partial charge in [0.05, 0.1) is 10.6 Å². The van der Waals surface area contributed by atoms with Crippen molar-refractivity contribution < 1.29 is 17.2 Å². The zero-order valence-corrected chi connectivity index (χ0v) is 13.3. The molecule has 0 fully saturated rings. The molecular formula is C15H23F2NO2S. The summed E-state index contributed by atoms with van der Waals surface area (Å²) in [6.45, 7) is 5.04. The van der Waals surface area contributed by atoms with Gasteiger partial charge in [-0.3, -0.25) is 0 Å². The summed E-state index contributed by atoms with van der Waals surface area (Å²) in [5.41, 5.74) is 0. The highest BCUT2D eigenvalue weighted by Crippen LogP contribution is 2.17. The summed E-state index contributed by atoms with van der Waals surface area (Å²) in [5.74, 6) is -2.22. The van der Waals surface area contributed by atoms with Crippen LogP contribution in [0.4, 0.5) is 8.78 Å². The van der Waals surface area contributed by atoms with Crippen molar-refractivity contribution in [2.75, 3.05) is 12.3 Å². The van der Waals surface area contributed by atoms with Crippen molar-refractivity contribution in [1.82, 2.24) is 5.32 Å². The highest BCUT2D eigenvalue weighted by Gasteiger charge is 2.17. The van der Waals surface area contributed by atoms with Crippen LogP contribution in [0.1, 0.15) is 39.5 Å². The molecule has 21 heavy (non-hydrogen) atoms. The van der Waals surface area contributed by atoms with Gasteiger partial charge < -0.3 is 5.32 Å². The molecule has 3 nitrogen and oxygen atoms in total. The third-order valence-electron chi connectivity index (χ3n) is 3.39. The van der Waals surface area contributed by atoms with E-state index in [2.05, 4.69) is 19.2 Å². The van der Waals surface area contributed by atoms with Crippen molar-refractivity contribution >= 4 is 9.84 Å². The Kier molecular flexibility index (Phi) is 7.25. The lowest BCUT2D eigenvalue weighted by Crippen LogP contribution is -2.29. The molecule has 0 aliphatic heterocycles. The van der Waals surface area contributed by atoms with Gasteiger partial charge in [0.15, 0.2) is 21.5 Å². The summed E-state index contributed by atoms with van der Waals surface area (Å²) in [6, 6.07) is 3.00. The van der Waals surface area contributed by atoms with Crippen LogP contribution in [0.2, 0.25) is 0 Å². The fourth-order valence-electron chi connectivity index (χ4n) is 2.11. The molecule has 0 heterocycles. The summed E-state index contributed by atoms with van der Waals surface area (Å²) in [4.78, 5) is -0.157. The molecule has 0 aromatic heterocycles. The van der Waals surface area contributed by atoms with Crippen molar-refractivity contribution in [3.63, 3.8) is 0 Å². The second-order valence-corrected chi connectivity index (χ2v) is 7.21. The number of sulfone groups is 1. The summed E-state index contributed by atoms with van der Waals surface area (Å²) in [5, 5.41) is 3.36. The summed E-state index contributed by atoms with van der Waals surface area (Å²) < 4.78 is 50.1. The van der Waals surface area contributed by atoms with Crippen molar-refractivity contribution in [2.24, 2.45) is 0 Å². The molecule has 0 saturated heterocycles. The molecule has 0 amide bonds. The van der Waals surface area contributed by atoms with Gasteiger partial charge in [-0.1, -0.05) is 13.8 Å². The second-order valence-electron chi connectivity index (χ2n) is 5.10. The third kappa shape index (κ3) is 5.71. The molecule has 1 unspecified atom stereocenters. The molecule has 1 aromatic rings. The van der Waals surface area contributed by atoms with Crippen LogP contribution >= 0.6 is 0 Å². The molecular weight excluding hydrogens is 296 g/mol. The normalized spacial score (nSPS) is 13.3. The molecule has 0 saturated carbocycles. The van der Waals surface area contributed by atoms with Crippen molar-refractivity contribution in [3.8, 4) is 0 Å². The van der Waals surface area contributed by atoms with Gasteiger partial charge in [0.1, 0.15) is 0 Å². The molecule has 1 rings (SSSR count). The van der Waals surface area contributed by atoms with Crippen LogP contribution in [0.25, 0.3) is 0 Å². The number of hydrogen-bond acceptors (Lipinski definition) is 3. The van der Waals surface area contributed by atoms with E-state index in [4.69, 9.17) is 0 Å². The topological polar surface area (TPSA) is 46.2 Å². The number of halogens is 2. The summed E-state index contributed by atoms with van der Waals surface area (Å²) >= 11 is 0. The molecule has 120 valence electrons. The van der Waals surface area contributed by atoms with Gasteiger partial charge in [-0.2, -0.15) is 0 Å². The van der Waals surface area contributed by atoms with E-state index in [9.17, 15) is 17.2 Å². The Morgan fingerprint density at radius 1 is 1.19 bits per heavy atom. The van der Waals surface area contributed by atoms with E-state index in [0.29, 0.717) is 12.5 Å². The molecule has 0 radical (unpaired) electrons. The number of hydrogen-bond donors (Lipinski definition) is 1. The SMILES string of the molecule is CCCNC(CC)CCCS(=O)(=O)c1ccc(F)c(F)c1. The van der Waals surface area contributed by atoms with Crippen molar-refractivity contribution in [2.45, 2.75) is 50.5 Å². The Hall–Kier alpha value is -1.01. The van der Waals surface area contributed by atoms with Crippen LogP contribution in [-0.4, -0.2) is 26.8 Å². The lowest BCUT2D eigenvalue weighted by atomic mass is 10.1. The molecule has 1 atom stereocenters. The van der Waals surface area contributed by atoms with E-state index in [-0.39, 0.29) is 10.6 Å². The highest BCUT2D eigenvalue weighted by molar-refractivity contribution is 7.91. The van der Waals surface area contributed by atoms with Crippen molar-refractivity contribution in [3.05, 3.63) is 29.8 Å². The first-order chi connectivity index (χ1) is 9.90. The Labute approximate surface area is 125 Å². The monoisotopic (exact) mass is 319 g/mol. The maximum absolute atomic E-state index is 13.1. The van der Waals surface area contributed by atoms with Gasteiger partial charge in [-0.15, -0.1) is 0 Å². The second kappa shape index (κ2) is 8.44. The minimum atomic E-state index is -3.56. The van der Waals surface area contributed by atoms with E-state index in [0.717, 1.165) is 44.0 Å². The van der Waals surface area contributed by atoms with Crippen LogP contribution in [0.15, 0.2) is 23.1 Å². The average molecular weight is 319 g/mol. The first-order valence-electron chi connectivity index (χ1n) is 7.32. The van der Waals surface area contributed by atoms with E-state index < -0.39 is 21.5 Å². The average Bonchev–Trinajstić information content (AvgIpc) is 2.45. The fraction of sp³-hybridized carbons (Fsp3) is 0.600. The molecule has 0 spiro atoms. The quantitative estimate of drug-likeness (QED) is 0.710. The Bertz CT molecular complexity index is 547. The van der Waals surface area contributed by atoms with Crippen LogP contribution in [-0.2, 0) is 9.84 Å². The van der Waals surface area contributed by atoms with Gasteiger partial charge >= 0.3 is 0 Å². The highest BCUT2D eigenvalue weighted by atomic mass is 32.2. The fourth-order valence-corrected chi connectivity index (χ4v) is 3.45. The predicted molar refractivity (Wildman–Crippen MR) is 80.0 cm³/mol. The van der Waals surface area contributed by atoms with Crippen molar-refractivity contribution in [1.29, 1.82) is 0 Å². The van der Waals surface area contributed by atoms with Crippen LogP contribution < -0.4 is 5.32 Å². The smallest absolute Gasteiger partial charge is 0.178 e. The Balaban J connectivity index is 2.58. The predicted octanol–water partition coefficient (Wildman–Crippen LogP) is 3.30. The molecule has 0 aliphatic rings. The van der Waals surface area contributed by atoms with Crippen LogP contribution in [0.3, 0.4) is 0 Å². The van der Waals surface area contributed by atoms with Crippen LogP contribution in [0.5, 0.6) is 0 Å². The molecule has 0 aliphatic carbocycles. The van der Waals surface area contributed by atoms with Gasteiger partial charge in [-0.25, -0.2) is 17.2 Å².